The Hall–Kier alpha value is -1.06. The maximum absolute atomic E-state index is 11.9. The summed E-state index contributed by atoms with van der Waals surface area (Å²) in [5.41, 5.74) is 2.47. The van der Waals surface area contributed by atoms with E-state index in [0.29, 0.717) is 12.5 Å². The zero-order valence-electron chi connectivity index (χ0n) is 12.2. The molecule has 0 saturated carbocycles. The Balaban J connectivity index is 0.00000200. The fourth-order valence-corrected chi connectivity index (χ4v) is 2.45. The molecule has 3 nitrogen and oxygen atoms in total. The summed E-state index contributed by atoms with van der Waals surface area (Å²) in [4.78, 5) is 11.9. The number of hydrogen-bond acceptors (Lipinski definition) is 2. The Labute approximate surface area is 127 Å². The second-order valence-electron chi connectivity index (χ2n) is 5.35. The topological polar surface area (TPSA) is 41.1 Å². The van der Waals surface area contributed by atoms with Gasteiger partial charge in [0.15, 0.2) is 0 Å². The highest BCUT2D eigenvalue weighted by atomic mass is 35.5. The molecular weight excluding hydrogens is 272 g/mol. The molecule has 1 atom stereocenters. The maximum atomic E-state index is 11.9. The molecule has 1 aliphatic rings. The van der Waals surface area contributed by atoms with E-state index in [1.54, 1.807) is 0 Å². The Morgan fingerprint density at radius 1 is 1.30 bits per heavy atom. The summed E-state index contributed by atoms with van der Waals surface area (Å²) in [6.45, 7) is 4.12. The molecule has 2 N–H and O–H groups in total. The van der Waals surface area contributed by atoms with Gasteiger partial charge < -0.3 is 10.6 Å². The SMILES string of the molecule is CCCCc1ccc(CC(=O)NC2CCNC2)cc1.Cl. The molecule has 1 heterocycles. The predicted octanol–water partition coefficient (Wildman–Crippen LogP) is 2.47. The quantitative estimate of drug-likeness (QED) is 0.847. The summed E-state index contributed by atoms with van der Waals surface area (Å²) >= 11 is 0. The van der Waals surface area contributed by atoms with Crippen molar-refractivity contribution in [1.82, 2.24) is 10.6 Å². The van der Waals surface area contributed by atoms with Crippen molar-refractivity contribution < 1.29 is 4.79 Å². The van der Waals surface area contributed by atoms with Crippen molar-refractivity contribution in [2.24, 2.45) is 0 Å². The fourth-order valence-electron chi connectivity index (χ4n) is 2.45. The third kappa shape index (κ3) is 5.51. The lowest BCUT2D eigenvalue weighted by atomic mass is 10.0. The molecule has 1 aromatic rings. The molecule has 2 rings (SSSR count). The van der Waals surface area contributed by atoms with Crippen LogP contribution in [0.25, 0.3) is 0 Å². The van der Waals surface area contributed by atoms with E-state index < -0.39 is 0 Å². The molecule has 1 saturated heterocycles. The van der Waals surface area contributed by atoms with E-state index in [4.69, 9.17) is 0 Å². The maximum Gasteiger partial charge on any atom is 0.224 e. The van der Waals surface area contributed by atoms with Gasteiger partial charge >= 0.3 is 0 Å². The average molecular weight is 297 g/mol. The molecule has 1 aliphatic heterocycles. The Morgan fingerprint density at radius 3 is 2.60 bits per heavy atom. The summed E-state index contributed by atoms with van der Waals surface area (Å²) in [6, 6.07) is 8.77. The van der Waals surface area contributed by atoms with Crippen molar-refractivity contribution in [2.75, 3.05) is 13.1 Å². The van der Waals surface area contributed by atoms with Gasteiger partial charge in [-0.2, -0.15) is 0 Å². The smallest absolute Gasteiger partial charge is 0.224 e. The minimum absolute atomic E-state index is 0. The zero-order chi connectivity index (χ0) is 13.5. The van der Waals surface area contributed by atoms with Crippen LogP contribution < -0.4 is 10.6 Å². The number of amides is 1. The van der Waals surface area contributed by atoms with Crippen LogP contribution in [0, 0.1) is 0 Å². The Kier molecular flexibility index (Phi) is 7.63. The summed E-state index contributed by atoms with van der Waals surface area (Å²) in [5, 5.41) is 6.33. The molecule has 0 bridgehead atoms. The highest BCUT2D eigenvalue weighted by Crippen LogP contribution is 2.09. The third-order valence-corrected chi connectivity index (χ3v) is 3.63. The molecule has 0 aromatic heterocycles. The van der Waals surface area contributed by atoms with Crippen molar-refractivity contribution >= 4 is 18.3 Å². The first kappa shape index (κ1) is 17.0. The van der Waals surface area contributed by atoms with Crippen LogP contribution in [-0.2, 0) is 17.6 Å². The first-order valence-electron chi connectivity index (χ1n) is 7.36. The van der Waals surface area contributed by atoms with Crippen LogP contribution in [-0.4, -0.2) is 25.0 Å². The second-order valence-corrected chi connectivity index (χ2v) is 5.35. The van der Waals surface area contributed by atoms with Crippen molar-refractivity contribution in [1.29, 1.82) is 0 Å². The van der Waals surface area contributed by atoms with Crippen LogP contribution in [0.1, 0.15) is 37.3 Å². The van der Waals surface area contributed by atoms with Crippen molar-refractivity contribution in [3.63, 3.8) is 0 Å². The van der Waals surface area contributed by atoms with Crippen LogP contribution in [0.3, 0.4) is 0 Å². The number of benzene rings is 1. The first-order valence-corrected chi connectivity index (χ1v) is 7.36. The van der Waals surface area contributed by atoms with Crippen LogP contribution in [0.5, 0.6) is 0 Å². The van der Waals surface area contributed by atoms with Crippen LogP contribution >= 0.6 is 12.4 Å². The van der Waals surface area contributed by atoms with E-state index >= 15 is 0 Å². The van der Waals surface area contributed by atoms with Gasteiger partial charge in [-0.1, -0.05) is 37.6 Å². The molecule has 0 aliphatic carbocycles. The predicted molar refractivity (Wildman–Crippen MR) is 85.4 cm³/mol. The van der Waals surface area contributed by atoms with E-state index in [-0.39, 0.29) is 18.3 Å². The van der Waals surface area contributed by atoms with Crippen LogP contribution in [0.2, 0.25) is 0 Å². The van der Waals surface area contributed by atoms with E-state index in [1.165, 1.54) is 18.4 Å². The minimum Gasteiger partial charge on any atom is -0.352 e. The first-order chi connectivity index (χ1) is 9.28. The van der Waals surface area contributed by atoms with Gasteiger partial charge in [0.25, 0.3) is 0 Å². The minimum atomic E-state index is 0. The van der Waals surface area contributed by atoms with E-state index in [2.05, 4.69) is 41.8 Å². The largest absolute Gasteiger partial charge is 0.352 e. The molecule has 1 fully saturated rings. The number of carbonyl (C=O) groups excluding carboxylic acids is 1. The third-order valence-electron chi connectivity index (χ3n) is 3.63. The highest BCUT2D eigenvalue weighted by Gasteiger charge is 2.16. The van der Waals surface area contributed by atoms with Gasteiger partial charge in [-0.3, -0.25) is 4.79 Å². The summed E-state index contributed by atoms with van der Waals surface area (Å²) in [7, 11) is 0. The van der Waals surface area contributed by atoms with E-state index in [1.807, 2.05) is 0 Å². The number of hydrogen-bond donors (Lipinski definition) is 2. The van der Waals surface area contributed by atoms with E-state index in [9.17, 15) is 4.79 Å². The number of aryl methyl sites for hydroxylation is 1. The number of carbonyl (C=O) groups is 1. The fraction of sp³-hybridized carbons (Fsp3) is 0.562. The molecule has 112 valence electrons. The van der Waals surface area contributed by atoms with Crippen LogP contribution in [0.15, 0.2) is 24.3 Å². The standard InChI is InChI=1S/C16H24N2O.ClH/c1-2-3-4-13-5-7-14(8-6-13)11-16(19)18-15-9-10-17-12-15;/h5-8,15,17H,2-4,9-12H2,1H3,(H,18,19);1H. The molecule has 1 amide bonds. The molecule has 4 heteroatoms. The highest BCUT2D eigenvalue weighted by molar-refractivity contribution is 5.85. The van der Waals surface area contributed by atoms with E-state index in [0.717, 1.165) is 31.5 Å². The summed E-state index contributed by atoms with van der Waals surface area (Å²) in [5.74, 6) is 0.134. The lowest BCUT2D eigenvalue weighted by molar-refractivity contribution is -0.121. The Bertz CT molecular complexity index is 399. The van der Waals surface area contributed by atoms with Gasteiger partial charge in [-0.05, 0) is 36.9 Å². The molecule has 1 unspecified atom stereocenters. The summed E-state index contributed by atoms with van der Waals surface area (Å²) in [6.07, 6.45) is 5.12. The molecular formula is C16H25ClN2O. The van der Waals surface area contributed by atoms with Crippen molar-refractivity contribution in [3.8, 4) is 0 Å². The second kappa shape index (κ2) is 8.98. The monoisotopic (exact) mass is 296 g/mol. The number of halogens is 1. The van der Waals surface area contributed by atoms with Gasteiger partial charge in [-0.15, -0.1) is 12.4 Å². The van der Waals surface area contributed by atoms with Gasteiger partial charge in [0.1, 0.15) is 0 Å². The number of unbranched alkanes of at least 4 members (excludes halogenated alkanes) is 1. The van der Waals surface area contributed by atoms with Gasteiger partial charge in [0.2, 0.25) is 5.91 Å². The molecule has 1 aromatic carbocycles. The van der Waals surface area contributed by atoms with Gasteiger partial charge in [0.05, 0.1) is 6.42 Å². The molecule has 0 spiro atoms. The van der Waals surface area contributed by atoms with Crippen molar-refractivity contribution in [3.05, 3.63) is 35.4 Å². The molecule has 20 heavy (non-hydrogen) atoms. The van der Waals surface area contributed by atoms with Gasteiger partial charge in [-0.25, -0.2) is 0 Å². The number of nitrogens with one attached hydrogen (secondary N) is 2. The normalized spacial score (nSPS) is 17.6. The van der Waals surface area contributed by atoms with Crippen LogP contribution in [0.4, 0.5) is 0 Å². The van der Waals surface area contributed by atoms with Crippen molar-refractivity contribution in [2.45, 2.75) is 45.1 Å². The summed E-state index contributed by atoms with van der Waals surface area (Å²) < 4.78 is 0. The average Bonchev–Trinajstić information content (AvgIpc) is 2.90. The lowest BCUT2D eigenvalue weighted by Gasteiger charge is -2.11. The zero-order valence-corrected chi connectivity index (χ0v) is 13.0. The lowest BCUT2D eigenvalue weighted by Crippen LogP contribution is -2.37. The molecule has 0 radical (unpaired) electrons. The number of rotatable bonds is 6. The van der Waals surface area contributed by atoms with Gasteiger partial charge in [0, 0.05) is 12.6 Å². The Morgan fingerprint density at radius 2 is 2.00 bits per heavy atom.